The molecule has 0 amide bonds. The molecule has 0 bridgehead atoms. The van der Waals surface area contributed by atoms with Crippen molar-refractivity contribution in [2.45, 2.75) is 53.0 Å². The van der Waals surface area contributed by atoms with Crippen LogP contribution in [0.2, 0.25) is 0 Å². The lowest BCUT2D eigenvalue weighted by molar-refractivity contribution is -0.137. The van der Waals surface area contributed by atoms with Gasteiger partial charge in [0.15, 0.2) is 0 Å². The summed E-state index contributed by atoms with van der Waals surface area (Å²) in [7, 11) is 0. The third-order valence-electron chi connectivity index (χ3n) is 4.30. The second kappa shape index (κ2) is 8.63. The molecular weight excluding hydrogens is 252 g/mol. The predicted molar refractivity (Wildman–Crippen MR) is 82.9 cm³/mol. The number of nitrogens with one attached hydrogen (secondary N) is 1. The number of hydrogen-bond donors (Lipinski definition) is 2. The average Bonchev–Trinajstić information content (AvgIpc) is 2.35. The number of rotatable bonds is 8. The summed E-state index contributed by atoms with van der Waals surface area (Å²) < 4.78 is 0. The molecule has 2 atom stereocenters. The first kappa shape index (κ1) is 17.4. The SMILES string of the molecule is CC(C)CCNC1CC(C(C)C)CN(CCC(=O)O)C1. The molecule has 1 heterocycles. The third kappa shape index (κ3) is 6.71. The van der Waals surface area contributed by atoms with Gasteiger partial charge in [0.05, 0.1) is 6.42 Å². The Bertz CT molecular complexity index is 292. The number of carbonyl (C=O) groups is 1. The van der Waals surface area contributed by atoms with Gasteiger partial charge in [0, 0.05) is 25.7 Å². The van der Waals surface area contributed by atoms with E-state index in [0.29, 0.717) is 24.4 Å². The van der Waals surface area contributed by atoms with E-state index in [4.69, 9.17) is 5.11 Å². The average molecular weight is 284 g/mol. The fraction of sp³-hybridized carbons (Fsp3) is 0.938. The number of likely N-dealkylation sites (tertiary alicyclic amines) is 1. The fourth-order valence-corrected chi connectivity index (χ4v) is 2.88. The summed E-state index contributed by atoms with van der Waals surface area (Å²) in [5.74, 6) is 1.38. The van der Waals surface area contributed by atoms with Crippen LogP contribution in [-0.2, 0) is 4.79 Å². The summed E-state index contributed by atoms with van der Waals surface area (Å²) in [6.45, 7) is 12.8. The van der Waals surface area contributed by atoms with E-state index in [-0.39, 0.29) is 6.42 Å². The first-order valence-electron chi connectivity index (χ1n) is 8.06. The minimum absolute atomic E-state index is 0.254. The van der Waals surface area contributed by atoms with E-state index in [0.717, 1.165) is 25.6 Å². The zero-order chi connectivity index (χ0) is 15.1. The highest BCUT2D eigenvalue weighted by molar-refractivity contribution is 5.66. The van der Waals surface area contributed by atoms with Crippen LogP contribution in [0.3, 0.4) is 0 Å². The van der Waals surface area contributed by atoms with Crippen molar-refractivity contribution in [2.75, 3.05) is 26.2 Å². The lowest BCUT2D eigenvalue weighted by Crippen LogP contribution is -2.51. The van der Waals surface area contributed by atoms with Crippen LogP contribution in [0.15, 0.2) is 0 Å². The Morgan fingerprint density at radius 2 is 2.00 bits per heavy atom. The molecule has 1 aliphatic rings. The molecule has 0 saturated carbocycles. The number of aliphatic carboxylic acids is 1. The highest BCUT2D eigenvalue weighted by Gasteiger charge is 2.28. The Balaban J connectivity index is 2.45. The van der Waals surface area contributed by atoms with Gasteiger partial charge >= 0.3 is 5.97 Å². The monoisotopic (exact) mass is 284 g/mol. The van der Waals surface area contributed by atoms with Crippen molar-refractivity contribution >= 4 is 5.97 Å². The Morgan fingerprint density at radius 3 is 2.55 bits per heavy atom. The van der Waals surface area contributed by atoms with Crippen LogP contribution in [0.5, 0.6) is 0 Å². The molecule has 1 rings (SSSR count). The normalized spacial score (nSPS) is 24.5. The van der Waals surface area contributed by atoms with E-state index in [2.05, 4.69) is 37.9 Å². The number of carboxylic acid groups (broad SMARTS) is 1. The summed E-state index contributed by atoms with van der Waals surface area (Å²) in [6, 6.07) is 0.517. The van der Waals surface area contributed by atoms with Gasteiger partial charge in [-0.05, 0) is 37.1 Å². The van der Waals surface area contributed by atoms with Gasteiger partial charge in [0.1, 0.15) is 0 Å². The highest BCUT2D eigenvalue weighted by atomic mass is 16.4. The van der Waals surface area contributed by atoms with Crippen LogP contribution < -0.4 is 5.32 Å². The number of piperidine rings is 1. The zero-order valence-corrected chi connectivity index (χ0v) is 13.6. The van der Waals surface area contributed by atoms with E-state index >= 15 is 0 Å². The number of nitrogens with zero attached hydrogens (tertiary/aromatic N) is 1. The summed E-state index contributed by atoms with van der Waals surface area (Å²) in [6.07, 6.45) is 2.68. The predicted octanol–water partition coefficient (Wildman–Crippen LogP) is 2.44. The lowest BCUT2D eigenvalue weighted by atomic mass is 9.85. The van der Waals surface area contributed by atoms with Gasteiger partial charge in [-0.25, -0.2) is 0 Å². The van der Waals surface area contributed by atoms with Crippen molar-refractivity contribution in [1.82, 2.24) is 10.2 Å². The molecule has 0 aromatic rings. The minimum atomic E-state index is -0.694. The molecule has 0 aliphatic carbocycles. The van der Waals surface area contributed by atoms with Gasteiger partial charge in [-0.3, -0.25) is 4.79 Å². The van der Waals surface area contributed by atoms with Crippen molar-refractivity contribution in [3.63, 3.8) is 0 Å². The van der Waals surface area contributed by atoms with Crippen LogP contribution in [0.1, 0.15) is 47.0 Å². The molecular formula is C16H32N2O2. The maximum Gasteiger partial charge on any atom is 0.304 e. The zero-order valence-electron chi connectivity index (χ0n) is 13.6. The number of hydrogen-bond acceptors (Lipinski definition) is 3. The summed E-state index contributed by atoms with van der Waals surface area (Å²) >= 11 is 0. The highest BCUT2D eigenvalue weighted by Crippen LogP contribution is 2.24. The molecule has 0 spiro atoms. The summed E-state index contributed by atoms with van der Waals surface area (Å²) in [5.41, 5.74) is 0. The largest absolute Gasteiger partial charge is 0.481 e. The molecule has 1 fully saturated rings. The molecule has 20 heavy (non-hydrogen) atoms. The van der Waals surface area contributed by atoms with Crippen LogP contribution in [0.25, 0.3) is 0 Å². The molecule has 2 unspecified atom stereocenters. The molecule has 0 aromatic heterocycles. The maximum absolute atomic E-state index is 10.7. The van der Waals surface area contributed by atoms with Crippen molar-refractivity contribution < 1.29 is 9.90 Å². The Hall–Kier alpha value is -0.610. The van der Waals surface area contributed by atoms with Crippen molar-refractivity contribution in [2.24, 2.45) is 17.8 Å². The lowest BCUT2D eigenvalue weighted by Gasteiger charge is -2.40. The van der Waals surface area contributed by atoms with E-state index in [9.17, 15) is 4.79 Å². The van der Waals surface area contributed by atoms with E-state index < -0.39 is 5.97 Å². The van der Waals surface area contributed by atoms with Gasteiger partial charge in [-0.1, -0.05) is 27.7 Å². The summed E-state index contributed by atoms with van der Waals surface area (Å²) in [5, 5.41) is 12.5. The molecule has 1 aliphatic heterocycles. The quantitative estimate of drug-likeness (QED) is 0.719. The smallest absolute Gasteiger partial charge is 0.304 e. The van der Waals surface area contributed by atoms with Gasteiger partial charge in [0.25, 0.3) is 0 Å². The minimum Gasteiger partial charge on any atom is -0.481 e. The molecule has 0 radical (unpaired) electrons. The van der Waals surface area contributed by atoms with Crippen LogP contribution >= 0.6 is 0 Å². The molecule has 4 nitrogen and oxygen atoms in total. The van der Waals surface area contributed by atoms with Gasteiger partial charge in [-0.15, -0.1) is 0 Å². The first-order chi connectivity index (χ1) is 9.38. The van der Waals surface area contributed by atoms with Gasteiger partial charge < -0.3 is 15.3 Å². The topological polar surface area (TPSA) is 52.6 Å². The number of carboxylic acids is 1. The molecule has 4 heteroatoms. The van der Waals surface area contributed by atoms with Gasteiger partial charge in [-0.2, -0.15) is 0 Å². The van der Waals surface area contributed by atoms with E-state index in [1.807, 2.05) is 0 Å². The second-order valence-electron chi connectivity index (χ2n) is 6.98. The van der Waals surface area contributed by atoms with E-state index in [1.165, 1.54) is 12.8 Å². The summed E-state index contributed by atoms with van der Waals surface area (Å²) in [4.78, 5) is 13.1. The first-order valence-corrected chi connectivity index (χ1v) is 8.06. The van der Waals surface area contributed by atoms with Crippen LogP contribution in [0.4, 0.5) is 0 Å². The Kier molecular flexibility index (Phi) is 7.52. The van der Waals surface area contributed by atoms with Crippen molar-refractivity contribution in [3.05, 3.63) is 0 Å². The standard InChI is InChI=1S/C16H32N2O2/c1-12(2)5-7-17-15-9-14(13(3)4)10-18(11-15)8-6-16(19)20/h12-15,17H,5-11H2,1-4H3,(H,19,20). The second-order valence-corrected chi connectivity index (χ2v) is 6.98. The fourth-order valence-electron chi connectivity index (χ4n) is 2.88. The van der Waals surface area contributed by atoms with Crippen LogP contribution in [0, 0.1) is 17.8 Å². The maximum atomic E-state index is 10.7. The van der Waals surface area contributed by atoms with Crippen molar-refractivity contribution in [1.29, 1.82) is 0 Å². The molecule has 2 N–H and O–H groups in total. The van der Waals surface area contributed by atoms with Gasteiger partial charge in [0.2, 0.25) is 0 Å². The van der Waals surface area contributed by atoms with Crippen molar-refractivity contribution in [3.8, 4) is 0 Å². The molecule has 118 valence electrons. The Labute approximate surface area is 123 Å². The van der Waals surface area contributed by atoms with Crippen LogP contribution in [-0.4, -0.2) is 48.2 Å². The van der Waals surface area contributed by atoms with E-state index in [1.54, 1.807) is 0 Å². The Morgan fingerprint density at radius 1 is 1.30 bits per heavy atom. The molecule has 0 aromatic carbocycles. The third-order valence-corrected chi connectivity index (χ3v) is 4.30. The molecule has 1 saturated heterocycles.